The second-order valence-electron chi connectivity index (χ2n) is 10.1. The lowest BCUT2D eigenvalue weighted by molar-refractivity contribution is -0.140. The van der Waals surface area contributed by atoms with Crippen molar-refractivity contribution in [1.82, 2.24) is 19.7 Å². The number of nitrogen functional groups attached to an aromatic ring is 1. The van der Waals surface area contributed by atoms with Gasteiger partial charge in [-0.25, -0.2) is 18.1 Å². The number of amidine groups is 1. The van der Waals surface area contributed by atoms with E-state index in [-0.39, 0.29) is 61.0 Å². The van der Waals surface area contributed by atoms with Crippen LogP contribution in [0.15, 0.2) is 33.7 Å². The molecule has 5 N–H and O–H groups in total. The maximum absolute atomic E-state index is 13.5. The predicted molar refractivity (Wildman–Crippen MR) is 144 cm³/mol. The predicted octanol–water partition coefficient (Wildman–Crippen LogP) is 0.547. The first-order valence-electron chi connectivity index (χ1n) is 12.7. The highest BCUT2D eigenvalue weighted by Gasteiger charge is 2.57. The molecule has 2 saturated heterocycles. The smallest absolute Gasteiger partial charge is 0.332 e. The van der Waals surface area contributed by atoms with E-state index in [1.165, 1.54) is 42.8 Å². The van der Waals surface area contributed by atoms with Crippen LogP contribution in [0.1, 0.15) is 42.7 Å². The van der Waals surface area contributed by atoms with Crippen LogP contribution in [0.2, 0.25) is 0 Å². The van der Waals surface area contributed by atoms with E-state index in [9.17, 15) is 32.7 Å². The van der Waals surface area contributed by atoms with Crippen LogP contribution in [0.5, 0.6) is 0 Å². The van der Waals surface area contributed by atoms with Gasteiger partial charge in [0.2, 0.25) is 15.9 Å². The summed E-state index contributed by atoms with van der Waals surface area (Å²) >= 11 is 0. The number of sulfonamides is 1. The maximum atomic E-state index is 13.5. The largest absolute Gasteiger partial charge is 0.480 e. The van der Waals surface area contributed by atoms with Gasteiger partial charge in [0, 0.05) is 32.1 Å². The van der Waals surface area contributed by atoms with Gasteiger partial charge in [-0.15, -0.1) is 0 Å². The molecule has 2 aliphatic heterocycles. The number of nitrogens with zero attached hydrogens (tertiary/aromatic N) is 4. The van der Waals surface area contributed by atoms with Crippen molar-refractivity contribution in [2.24, 2.45) is 5.73 Å². The molecule has 16 heteroatoms. The third-order valence-electron chi connectivity index (χ3n) is 7.58. The van der Waals surface area contributed by atoms with E-state index in [2.05, 4.69) is 9.88 Å². The summed E-state index contributed by atoms with van der Waals surface area (Å²) in [6.07, 6.45) is -0.225. The van der Waals surface area contributed by atoms with E-state index in [4.69, 9.17) is 15.7 Å². The fourth-order valence-electron chi connectivity index (χ4n) is 5.23. The molecule has 0 unspecified atom stereocenters. The van der Waals surface area contributed by atoms with Gasteiger partial charge in [-0.1, -0.05) is 5.16 Å². The number of aliphatic carboxylic acids is 1. The fraction of sp³-hybridized carbons (Fsp3) is 0.440. The summed E-state index contributed by atoms with van der Waals surface area (Å²) in [6.45, 7) is 3.08. The van der Waals surface area contributed by atoms with Crippen molar-refractivity contribution >= 4 is 45.4 Å². The molecule has 1 spiro atoms. The zero-order chi connectivity index (χ0) is 30.3. The summed E-state index contributed by atoms with van der Waals surface area (Å²) in [5, 5.41) is 20.7. The van der Waals surface area contributed by atoms with Crippen LogP contribution in [0.3, 0.4) is 0 Å². The number of likely N-dealkylation sites (tertiary alicyclic amines) is 1. The Balaban J connectivity index is 1.39. The minimum atomic E-state index is -4.27. The molecule has 4 amide bonds. The molecule has 1 aromatic heterocycles. The van der Waals surface area contributed by atoms with Crippen LogP contribution in [-0.2, 0) is 24.4 Å². The van der Waals surface area contributed by atoms with Crippen molar-refractivity contribution in [3.8, 4) is 0 Å². The SMILES string of the molecule is Cc1noc(C)c1S(=O)(=O)N[C@@H](CCC(=O)N1CCC2(CC1)C(=O)N(c1ccc(C(=N)N)cc1)C(=O)N2C)C(=O)O. The molecule has 0 bridgehead atoms. The number of aromatic nitrogens is 1. The van der Waals surface area contributed by atoms with E-state index in [1.807, 2.05) is 0 Å². The minimum Gasteiger partial charge on any atom is -0.480 e. The zero-order valence-corrected chi connectivity index (χ0v) is 23.5. The summed E-state index contributed by atoms with van der Waals surface area (Å²) in [5.74, 6) is -2.41. The number of amides is 4. The fourth-order valence-corrected chi connectivity index (χ4v) is 6.78. The van der Waals surface area contributed by atoms with Gasteiger partial charge in [0.1, 0.15) is 28.0 Å². The number of likely N-dealkylation sites (N-methyl/N-ethyl adjacent to an activating group) is 1. The number of hydrogen-bond donors (Lipinski definition) is 4. The Morgan fingerprint density at radius 1 is 1.20 bits per heavy atom. The highest BCUT2D eigenvalue weighted by Crippen LogP contribution is 2.38. The van der Waals surface area contributed by atoms with Crippen molar-refractivity contribution in [3.05, 3.63) is 41.3 Å². The van der Waals surface area contributed by atoms with Crippen molar-refractivity contribution in [3.63, 3.8) is 0 Å². The number of anilines is 1. The second-order valence-corrected chi connectivity index (χ2v) is 11.7. The summed E-state index contributed by atoms with van der Waals surface area (Å²) in [6, 6.07) is 4.08. The van der Waals surface area contributed by atoms with E-state index >= 15 is 0 Å². The number of carbonyl (C=O) groups is 4. The number of imide groups is 1. The lowest BCUT2D eigenvalue weighted by atomic mass is 9.86. The van der Waals surface area contributed by atoms with Crippen molar-refractivity contribution in [1.29, 1.82) is 5.41 Å². The average Bonchev–Trinajstić information content (AvgIpc) is 3.36. The molecule has 15 nitrogen and oxygen atoms in total. The van der Waals surface area contributed by atoms with E-state index < -0.39 is 45.4 Å². The van der Waals surface area contributed by atoms with Crippen LogP contribution in [0.25, 0.3) is 0 Å². The summed E-state index contributed by atoms with van der Waals surface area (Å²) in [4.78, 5) is 55.0. The molecular formula is C25H31N7O8S. The maximum Gasteiger partial charge on any atom is 0.332 e. The topological polar surface area (TPSA) is 220 Å². The highest BCUT2D eigenvalue weighted by atomic mass is 32.2. The Morgan fingerprint density at radius 2 is 1.80 bits per heavy atom. The Kier molecular flexibility index (Phi) is 7.91. The molecule has 220 valence electrons. The van der Waals surface area contributed by atoms with Gasteiger partial charge in [-0.2, -0.15) is 4.72 Å². The molecule has 1 atom stereocenters. The number of carboxylic acids is 1. The second kappa shape index (κ2) is 10.9. The molecule has 0 radical (unpaired) electrons. The van der Waals surface area contributed by atoms with Gasteiger partial charge in [-0.05, 0) is 57.4 Å². The number of urea groups is 1. The Bertz CT molecular complexity index is 1490. The van der Waals surface area contributed by atoms with Crippen molar-refractivity contribution in [2.75, 3.05) is 25.0 Å². The lowest BCUT2D eigenvalue weighted by Gasteiger charge is -2.40. The molecule has 41 heavy (non-hydrogen) atoms. The molecule has 1 aromatic carbocycles. The van der Waals surface area contributed by atoms with Crippen molar-refractivity contribution in [2.45, 2.75) is 56.0 Å². The Morgan fingerprint density at radius 3 is 2.32 bits per heavy atom. The van der Waals surface area contributed by atoms with Crippen LogP contribution < -0.4 is 15.4 Å². The van der Waals surface area contributed by atoms with Crippen molar-refractivity contribution < 1.29 is 37.2 Å². The molecule has 2 fully saturated rings. The highest BCUT2D eigenvalue weighted by molar-refractivity contribution is 7.89. The molecule has 3 heterocycles. The lowest BCUT2D eigenvalue weighted by Crippen LogP contribution is -2.56. The number of piperidine rings is 1. The van der Waals surface area contributed by atoms with Crippen LogP contribution in [0, 0.1) is 19.3 Å². The first kappa shape index (κ1) is 29.7. The zero-order valence-electron chi connectivity index (χ0n) is 22.7. The number of hydrogen-bond acceptors (Lipinski definition) is 9. The molecule has 0 saturated carbocycles. The number of carboxylic acid groups (broad SMARTS) is 1. The number of nitrogens with two attached hydrogens (primary N) is 1. The van der Waals surface area contributed by atoms with E-state index in [1.54, 1.807) is 12.1 Å². The average molecular weight is 590 g/mol. The monoisotopic (exact) mass is 589 g/mol. The van der Waals surface area contributed by atoms with E-state index in [0.717, 1.165) is 4.90 Å². The van der Waals surface area contributed by atoms with Crippen LogP contribution >= 0.6 is 0 Å². The van der Waals surface area contributed by atoms with Gasteiger partial charge in [0.15, 0.2) is 5.76 Å². The molecule has 4 rings (SSSR count). The van der Waals surface area contributed by atoms with E-state index in [0.29, 0.717) is 11.3 Å². The quantitative estimate of drug-likeness (QED) is 0.181. The molecule has 2 aliphatic rings. The molecule has 0 aliphatic carbocycles. The van der Waals surface area contributed by atoms with Gasteiger partial charge in [0.05, 0.1) is 5.69 Å². The number of benzene rings is 1. The van der Waals surface area contributed by atoms with Crippen LogP contribution in [0.4, 0.5) is 10.5 Å². The Labute approximate surface area is 235 Å². The number of nitrogens with one attached hydrogen (secondary N) is 2. The molecular weight excluding hydrogens is 558 g/mol. The first-order valence-corrected chi connectivity index (χ1v) is 14.2. The number of aryl methyl sites for hydroxylation is 2. The third kappa shape index (κ3) is 5.39. The number of rotatable bonds is 9. The summed E-state index contributed by atoms with van der Waals surface area (Å²) in [7, 11) is -2.74. The minimum absolute atomic E-state index is 0.00834. The van der Waals surface area contributed by atoms with Crippen LogP contribution in [-0.4, -0.2) is 89.8 Å². The van der Waals surface area contributed by atoms with Gasteiger partial charge >= 0.3 is 12.0 Å². The van der Waals surface area contributed by atoms with Gasteiger partial charge < -0.3 is 25.2 Å². The summed E-state index contributed by atoms with van der Waals surface area (Å²) < 4.78 is 32.5. The number of carbonyl (C=O) groups excluding carboxylic acids is 3. The molecule has 2 aromatic rings. The first-order chi connectivity index (χ1) is 19.2. The van der Waals surface area contributed by atoms with Gasteiger partial charge in [0.25, 0.3) is 5.91 Å². The van der Waals surface area contributed by atoms with Gasteiger partial charge in [-0.3, -0.25) is 19.8 Å². The summed E-state index contributed by atoms with van der Waals surface area (Å²) in [5.41, 5.74) is 5.20. The standard InChI is InChI=1S/C25H31N7O8S/c1-14-20(15(2)40-28-14)41(38,39)29-18(22(34)35)8-9-19(33)31-12-10-25(11-13-31)23(36)32(24(37)30(25)3)17-6-4-16(5-7-17)21(26)27/h4-7,18,29H,8-13H2,1-3H3,(H3,26,27)(H,34,35)/t18-/m0/s1. The Hall–Kier alpha value is -4.31. The third-order valence-corrected chi connectivity index (χ3v) is 9.30. The normalized spacial score (nSPS) is 17.8.